The van der Waals surface area contributed by atoms with Crippen LogP contribution in [0.5, 0.6) is 0 Å². The van der Waals surface area contributed by atoms with Gasteiger partial charge >= 0.3 is 17.9 Å². The third-order valence-electron chi connectivity index (χ3n) is 2.24. The van der Waals surface area contributed by atoms with E-state index in [-0.39, 0.29) is 0 Å². The van der Waals surface area contributed by atoms with Gasteiger partial charge in [0.2, 0.25) is 5.54 Å². The molecule has 0 heterocycles. The molecule has 0 rings (SSSR count). The second kappa shape index (κ2) is 5.98. The molecule has 0 saturated carbocycles. The number of aliphatic carboxylic acids is 1. The summed E-state index contributed by atoms with van der Waals surface area (Å²) in [4.78, 5) is 35.2. The highest BCUT2D eigenvalue weighted by Gasteiger charge is 2.54. The summed E-state index contributed by atoms with van der Waals surface area (Å²) in [6, 6.07) is -1.90. The van der Waals surface area contributed by atoms with Crippen LogP contribution in [0.1, 0.15) is 41.5 Å². The van der Waals surface area contributed by atoms with Crippen molar-refractivity contribution in [3.8, 4) is 0 Å². The number of hydrogen-bond acceptors (Lipinski definition) is 7. The van der Waals surface area contributed by atoms with E-state index in [4.69, 9.17) is 20.9 Å². The molecule has 0 aliphatic heterocycles. The van der Waals surface area contributed by atoms with Crippen molar-refractivity contribution < 1.29 is 29.0 Å². The third-order valence-corrected chi connectivity index (χ3v) is 2.24. The fourth-order valence-electron chi connectivity index (χ4n) is 1.26. The number of carboxylic acid groups (broad SMARTS) is 1. The molecular formula is C13H24N2O6. The Morgan fingerprint density at radius 1 is 0.952 bits per heavy atom. The summed E-state index contributed by atoms with van der Waals surface area (Å²) in [5, 5.41) is 9.20. The van der Waals surface area contributed by atoms with Crippen LogP contribution in [0.15, 0.2) is 0 Å². The molecule has 2 atom stereocenters. The Labute approximate surface area is 123 Å². The second-order valence-corrected chi connectivity index (χ2v) is 6.69. The topological polar surface area (TPSA) is 142 Å². The molecule has 0 aromatic rings. The van der Waals surface area contributed by atoms with Crippen LogP contribution >= 0.6 is 0 Å². The Morgan fingerprint density at radius 2 is 1.33 bits per heavy atom. The van der Waals surface area contributed by atoms with Crippen molar-refractivity contribution >= 4 is 17.9 Å². The van der Waals surface area contributed by atoms with Crippen LogP contribution in [-0.4, -0.2) is 45.8 Å². The summed E-state index contributed by atoms with van der Waals surface area (Å²) in [7, 11) is 0. The zero-order valence-electron chi connectivity index (χ0n) is 13.2. The molecule has 0 spiro atoms. The second-order valence-electron chi connectivity index (χ2n) is 6.69. The molecule has 8 nitrogen and oxygen atoms in total. The van der Waals surface area contributed by atoms with Gasteiger partial charge < -0.3 is 26.0 Å². The molecule has 21 heavy (non-hydrogen) atoms. The van der Waals surface area contributed by atoms with E-state index in [9.17, 15) is 19.5 Å². The molecule has 0 radical (unpaired) electrons. The van der Waals surface area contributed by atoms with Crippen LogP contribution in [0.2, 0.25) is 0 Å². The van der Waals surface area contributed by atoms with Crippen molar-refractivity contribution in [2.75, 3.05) is 0 Å². The Bertz CT molecular complexity index is 435. The van der Waals surface area contributed by atoms with E-state index in [2.05, 4.69) is 0 Å². The molecular weight excluding hydrogens is 280 g/mol. The van der Waals surface area contributed by atoms with Gasteiger partial charge in [0.25, 0.3) is 0 Å². The zero-order chi connectivity index (χ0) is 17.2. The lowest BCUT2D eigenvalue weighted by Crippen LogP contribution is -2.70. The summed E-state index contributed by atoms with van der Waals surface area (Å²) in [6.07, 6.45) is 0. The number of nitrogens with two attached hydrogens (primary N) is 2. The van der Waals surface area contributed by atoms with E-state index in [1.807, 2.05) is 0 Å². The van der Waals surface area contributed by atoms with E-state index in [1.165, 1.54) is 20.8 Å². The molecule has 0 saturated heterocycles. The standard InChI is InChI=1S/C13H24N2O6/c1-11(2,3)20-8(16)7(14)13(15,9(17)18)10(19)21-12(4,5)6/h7H,14-15H2,1-6H3,(H,17,18). The van der Waals surface area contributed by atoms with Crippen LogP contribution in [0.25, 0.3) is 0 Å². The van der Waals surface area contributed by atoms with Crippen LogP contribution in [0.3, 0.4) is 0 Å². The lowest BCUT2D eigenvalue weighted by molar-refractivity contribution is -0.177. The van der Waals surface area contributed by atoms with Gasteiger partial charge in [-0.2, -0.15) is 0 Å². The van der Waals surface area contributed by atoms with Gasteiger partial charge in [-0.25, -0.2) is 9.59 Å². The summed E-state index contributed by atoms with van der Waals surface area (Å²) in [5.41, 5.74) is 6.49. The zero-order valence-corrected chi connectivity index (χ0v) is 13.2. The number of ether oxygens (including phenoxy) is 2. The maximum atomic E-state index is 12.0. The van der Waals surface area contributed by atoms with Crippen molar-refractivity contribution in [1.82, 2.24) is 0 Å². The monoisotopic (exact) mass is 304 g/mol. The average molecular weight is 304 g/mol. The van der Waals surface area contributed by atoms with Gasteiger partial charge in [0.15, 0.2) is 0 Å². The lowest BCUT2D eigenvalue weighted by Gasteiger charge is -2.32. The quantitative estimate of drug-likeness (QED) is 0.478. The van der Waals surface area contributed by atoms with E-state index in [1.54, 1.807) is 20.8 Å². The van der Waals surface area contributed by atoms with Gasteiger partial charge in [0.1, 0.15) is 17.2 Å². The van der Waals surface area contributed by atoms with Crippen LogP contribution in [0, 0.1) is 0 Å². The minimum atomic E-state index is -2.73. The van der Waals surface area contributed by atoms with Crippen molar-refractivity contribution in [1.29, 1.82) is 0 Å². The normalized spacial score (nSPS) is 16.6. The first-order valence-corrected chi connectivity index (χ1v) is 6.35. The van der Waals surface area contributed by atoms with Gasteiger partial charge in [-0.3, -0.25) is 4.79 Å². The molecule has 0 bridgehead atoms. The minimum Gasteiger partial charge on any atom is -0.479 e. The van der Waals surface area contributed by atoms with E-state index in [0.29, 0.717) is 0 Å². The number of carbonyl (C=O) groups excluding carboxylic acids is 2. The molecule has 0 aliphatic carbocycles. The summed E-state index contributed by atoms with van der Waals surface area (Å²) in [6.45, 7) is 9.32. The number of rotatable bonds is 4. The summed E-state index contributed by atoms with van der Waals surface area (Å²) in [5.74, 6) is -4.17. The largest absolute Gasteiger partial charge is 0.479 e. The smallest absolute Gasteiger partial charge is 0.340 e. The molecule has 0 aliphatic rings. The first-order chi connectivity index (χ1) is 9.11. The molecule has 0 fully saturated rings. The first kappa shape index (κ1) is 19.3. The van der Waals surface area contributed by atoms with Crippen LogP contribution in [-0.2, 0) is 23.9 Å². The van der Waals surface area contributed by atoms with Gasteiger partial charge in [0.05, 0.1) is 0 Å². The van der Waals surface area contributed by atoms with Crippen molar-refractivity contribution in [3.63, 3.8) is 0 Å². The highest BCUT2D eigenvalue weighted by atomic mass is 16.6. The minimum absolute atomic E-state index is 0.901. The predicted octanol–water partition coefficient (Wildman–Crippen LogP) is -0.221. The van der Waals surface area contributed by atoms with Crippen molar-refractivity contribution in [2.45, 2.75) is 64.3 Å². The molecule has 8 heteroatoms. The molecule has 2 unspecified atom stereocenters. The number of esters is 2. The number of carbonyl (C=O) groups is 3. The summed E-state index contributed by atoms with van der Waals surface area (Å²) < 4.78 is 9.89. The lowest BCUT2D eigenvalue weighted by atomic mass is 9.91. The van der Waals surface area contributed by atoms with Gasteiger partial charge in [-0.1, -0.05) is 0 Å². The van der Waals surface area contributed by atoms with Gasteiger partial charge in [0, 0.05) is 0 Å². The number of carboxylic acids is 1. The average Bonchev–Trinajstić information content (AvgIpc) is 2.21. The Balaban J connectivity index is 5.43. The Kier molecular flexibility index (Phi) is 5.51. The van der Waals surface area contributed by atoms with Crippen LogP contribution in [0.4, 0.5) is 0 Å². The predicted molar refractivity (Wildman–Crippen MR) is 74.2 cm³/mol. The van der Waals surface area contributed by atoms with E-state index < -0.39 is 40.7 Å². The van der Waals surface area contributed by atoms with Crippen molar-refractivity contribution in [2.24, 2.45) is 11.5 Å². The molecule has 122 valence electrons. The highest BCUT2D eigenvalue weighted by Crippen LogP contribution is 2.18. The summed E-state index contributed by atoms with van der Waals surface area (Å²) >= 11 is 0. The maximum absolute atomic E-state index is 12.0. The fourth-order valence-corrected chi connectivity index (χ4v) is 1.26. The molecule has 0 amide bonds. The molecule has 0 aromatic carbocycles. The third kappa shape index (κ3) is 5.31. The van der Waals surface area contributed by atoms with Crippen LogP contribution < -0.4 is 11.5 Å². The number of hydrogen-bond donors (Lipinski definition) is 3. The van der Waals surface area contributed by atoms with Gasteiger partial charge in [-0.05, 0) is 41.5 Å². The fraction of sp³-hybridized carbons (Fsp3) is 0.769. The molecule has 0 aromatic heterocycles. The Morgan fingerprint density at radius 3 is 1.62 bits per heavy atom. The SMILES string of the molecule is CC(C)(C)OC(=O)C(N)C(N)(C(=O)O)C(=O)OC(C)(C)C. The maximum Gasteiger partial charge on any atom is 0.340 e. The van der Waals surface area contributed by atoms with Gasteiger partial charge in [-0.15, -0.1) is 0 Å². The van der Waals surface area contributed by atoms with Crippen molar-refractivity contribution in [3.05, 3.63) is 0 Å². The van der Waals surface area contributed by atoms with E-state index >= 15 is 0 Å². The highest BCUT2D eigenvalue weighted by molar-refractivity contribution is 6.09. The first-order valence-electron chi connectivity index (χ1n) is 6.35. The molecule has 5 N–H and O–H groups in total. The Hall–Kier alpha value is -1.67. The van der Waals surface area contributed by atoms with E-state index in [0.717, 1.165) is 0 Å².